The fourth-order valence-electron chi connectivity index (χ4n) is 20.1. The number of hydrogen-bond acceptors (Lipinski definition) is 16. The number of aryl methyl sites for hydroxylation is 1. The summed E-state index contributed by atoms with van der Waals surface area (Å²) in [5.74, 6) is 0. The first-order chi connectivity index (χ1) is 61.5. The van der Waals surface area contributed by atoms with Crippen LogP contribution in [-0.2, 0) is 0 Å². The standard InChI is InChI=1S/C29H36N4.C27H32N4.C25H28N4.C22H34N4/c1-19(2)30-22(6)32(28-15-10-8-13-26(28)30)24-17-12-18-25(21(24)5)33-23(7)31(20(3)4)27-14-9-11-16-29(27)33;1-6-28-20(4)30(26-15-10-8-13-24(26)28)22-17-12-18-23(19(22)3)31-21(5)29(7-2)25-14-9-11-16-27(25)31;1-17-20(28-18(2)26(4)22-11-6-8-13-24(22)28)15-10-16-21(17)29-19(3)27(5)23-12-7-9-14-25(23)29;1-15(2)23-9-11-25(19(23)7)21-13-17(5)14-22(18(21)6)26-12-10-24(16(3)4)20(26)8/h8-20,22-23H,1-7H3;8-18,20-21H,6-7H2,1-5H3;6-16,18-19H,1-5H3;9-16,19-20H,1-8H3/t22-,23+;20-,21+;18-,19+;19-,20+/i;;;1D3,2D3,3D3,15D,16D/t;;;16?,19-,20+/m...0/s1. The Morgan fingerprint density at radius 1 is 0.277 bits per heavy atom. The van der Waals surface area contributed by atoms with Gasteiger partial charge >= 0.3 is 0 Å². The Labute approximate surface area is 728 Å². The van der Waals surface area contributed by atoms with Crippen LogP contribution in [0, 0.1) is 34.6 Å². The Morgan fingerprint density at radius 3 is 0.824 bits per heavy atom. The fraction of sp³-hybridized carbons (Fsp3) is 0.379. The molecule has 622 valence electrons. The number of para-hydroxylation sites is 12. The Morgan fingerprint density at radius 2 is 0.521 bits per heavy atom. The average molecular weight is 1600 g/mol. The van der Waals surface area contributed by atoms with Gasteiger partial charge in [0.25, 0.3) is 0 Å². The molecule has 0 N–H and O–H groups in total. The van der Waals surface area contributed by atoms with Gasteiger partial charge in [-0.2, -0.15) is 0 Å². The molecule has 0 aromatic heterocycles. The normalized spacial score (nSPS) is 22.8. The summed E-state index contributed by atoms with van der Waals surface area (Å²) in [5, 5.41) is 0. The van der Waals surface area contributed by atoms with Crippen molar-refractivity contribution in [2.24, 2.45) is 0 Å². The van der Waals surface area contributed by atoms with E-state index in [9.17, 15) is 0 Å². The first-order valence-corrected chi connectivity index (χ1v) is 42.7. The van der Waals surface area contributed by atoms with Crippen molar-refractivity contribution in [2.75, 3.05) is 95.8 Å². The van der Waals surface area contributed by atoms with E-state index in [2.05, 4.69) is 377 Å². The summed E-state index contributed by atoms with van der Waals surface area (Å²) in [6.07, 6.45) is 6.57. The number of rotatable bonds is 14. The minimum Gasteiger partial charge on any atom is -0.353 e. The van der Waals surface area contributed by atoms with E-state index in [-0.39, 0.29) is 37.0 Å². The second kappa shape index (κ2) is 33.3. The lowest BCUT2D eigenvalue weighted by atomic mass is 10.1. The molecule has 1 unspecified atom stereocenters. The molecule has 10 aromatic carbocycles. The van der Waals surface area contributed by atoms with E-state index in [1.165, 1.54) is 137 Å². The molecule has 18 rings (SSSR count). The van der Waals surface area contributed by atoms with Gasteiger partial charge in [-0.1, -0.05) is 91.0 Å². The molecule has 8 aliphatic rings. The maximum absolute atomic E-state index is 8.57. The third-order valence-corrected chi connectivity index (χ3v) is 26.1. The van der Waals surface area contributed by atoms with Gasteiger partial charge in [-0.15, -0.1) is 0 Å². The summed E-state index contributed by atoms with van der Waals surface area (Å²) < 4.78 is 87.5. The van der Waals surface area contributed by atoms with E-state index in [1.54, 1.807) is 37.3 Å². The van der Waals surface area contributed by atoms with Crippen LogP contribution in [-0.4, -0.2) is 110 Å². The van der Waals surface area contributed by atoms with Crippen LogP contribution in [0.4, 0.5) is 114 Å². The summed E-state index contributed by atoms with van der Waals surface area (Å²) >= 11 is 0. The minimum absolute atomic E-state index is 0.256. The quantitative estimate of drug-likeness (QED) is 0.104. The molecule has 0 saturated carbocycles. The largest absolute Gasteiger partial charge is 0.353 e. The number of hydrogen-bond donors (Lipinski definition) is 0. The van der Waals surface area contributed by atoms with Gasteiger partial charge in [0.15, 0.2) is 0 Å². The Kier molecular flexibility index (Phi) is 19.5. The first-order valence-electron chi connectivity index (χ1n) is 48.2. The van der Waals surface area contributed by atoms with Gasteiger partial charge in [0, 0.05) is 134 Å². The Balaban J connectivity index is 0.000000133. The van der Waals surface area contributed by atoms with Crippen molar-refractivity contribution in [1.82, 2.24) is 9.80 Å². The third kappa shape index (κ3) is 14.2. The molecule has 0 fully saturated rings. The molecule has 16 nitrogen and oxygen atoms in total. The molecule has 8 heterocycles. The van der Waals surface area contributed by atoms with Gasteiger partial charge in [0.2, 0.25) is 0 Å². The second-order valence-corrected chi connectivity index (χ2v) is 33.4. The monoisotopic (exact) mass is 1600 g/mol. The highest BCUT2D eigenvalue weighted by molar-refractivity contribution is 5.94. The molecule has 0 spiro atoms. The maximum atomic E-state index is 8.57. The van der Waals surface area contributed by atoms with Crippen molar-refractivity contribution in [3.8, 4) is 0 Å². The number of benzene rings is 10. The van der Waals surface area contributed by atoms with Crippen LogP contribution in [0.2, 0.25) is 0 Å². The predicted octanol–water partition coefficient (Wildman–Crippen LogP) is 24.9. The Bertz CT molecular complexity index is 5600. The Hall–Kier alpha value is -11.5. The molecule has 0 bridgehead atoms. The fourth-order valence-corrected chi connectivity index (χ4v) is 20.1. The maximum Gasteiger partial charge on any atom is 0.104 e. The zero-order valence-electron chi connectivity index (χ0n) is 84.9. The molecule has 119 heavy (non-hydrogen) atoms. The summed E-state index contributed by atoms with van der Waals surface area (Å²) in [7, 11) is 4.35. The predicted molar refractivity (Wildman–Crippen MR) is 512 cm³/mol. The van der Waals surface area contributed by atoms with Gasteiger partial charge in [-0.25, -0.2) is 0 Å². The van der Waals surface area contributed by atoms with Crippen LogP contribution in [0.25, 0.3) is 0 Å². The van der Waals surface area contributed by atoms with Crippen molar-refractivity contribution in [1.29, 1.82) is 0 Å². The van der Waals surface area contributed by atoms with E-state index in [4.69, 9.17) is 15.1 Å². The van der Waals surface area contributed by atoms with Crippen molar-refractivity contribution in [3.63, 3.8) is 0 Å². The highest BCUT2D eigenvalue weighted by Crippen LogP contribution is 2.55. The smallest absolute Gasteiger partial charge is 0.104 e. The van der Waals surface area contributed by atoms with Gasteiger partial charge < -0.3 is 78.4 Å². The average Bonchev–Trinajstić information content (AvgIpc) is 1.28. The third-order valence-electron chi connectivity index (χ3n) is 26.1. The van der Waals surface area contributed by atoms with E-state index in [0.29, 0.717) is 17.8 Å². The van der Waals surface area contributed by atoms with E-state index >= 15 is 0 Å². The van der Waals surface area contributed by atoms with Crippen molar-refractivity contribution in [3.05, 3.63) is 265 Å². The molecule has 9 atom stereocenters. The van der Waals surface area contributed by atoms with E-state index in [0.717, 1.165) is 34.8 Å². The molecule has 10 aromatic rings. The zero-order valence-corrected chi connectivity index (χ0v) is 73.9. The van der Waals surface area contributed by atoms with E-state index < -0.39 is 44.9 Å². The summed E-state index contributed by atoms with van der Waals surface area (Å²) in [4.78, 5) is 35.8. The molecule has 8 aliphatic heterocycles. The first kappa shape index (κ1) is 69.4. The van der Waals surface area contributed by atoms with Crippen LogP contribution in [0.1, 0.15) is 167 Å². The molecule has 0 aliphatic carbocycles. The van der Waals surface area contributed by atoms with Gasteiger partial charge in [-0.05, 0) is 308 Å². The van der Waals surface area contributed by atoms with Crippen molar-refractivity contribution in [2.45, 2.75) is 232 Å². The number of nitrogens with zero attached hydrogens (tertiary/aromatic N) is 16. The SMILES string of the molecule is CCN1c2ccccc2N(c2cccc(N3c4ccccc4N(CC)[C@@H]3C)c2C)[C@@H]1C.Cc1c(N2c3ccccc3N(C(C)C)[C@@H]2C)cccc1N1c2ccccc2N(C(C)C)[C@H]1C.Cc1c(N2c3ccccc3N(C)[C@H]2C)cccc1N1c2ccccc2N(C)[C@@H]1C.[2H]C([2H])([2H])C([2H])(C)N1C=CN(c2cc(C)cc(N3C=CN(C([2H])(C([2H])([2H])[2H])C([2H])([2H])[2H])[C@@H]3C)c2C)[C@@H]1C. The van der Waals surface area contributed by atoms with Crippen LogP contribution < -0.4 is 68.6 Å². The van der Waals surface area contributed by atoms with Crippen molar-refractivity contribution >= 4 is 114 Å². The van der Waals surface area contributed by atoms with Gasteiger partial charge in [-0.3, -0.25) is 0 Å². The summed E-state index contributed by atoms with van der Waals surface area (Å²) in [6, 6.07) is 72.8. The lowest BCUT2D eigenvalue weighted by molar-refractivity contribution is 0.263. The van der Waals surface area contributed by atoms with E-state index in [1.807, 2.05) is 30.9 Å². The lowest BCUT2D eigenvalue weighted by Crippen LogP contribution is -2.43. The highest BCUT2D eigenvalue weighted by Gasteiger charge is 2.43. The molecule has 0 radical (unpaired) electrons. The van der Waals surface area contributed by atoms with Crippen LogP contribution >= 0.6 is 0 Å². The van der Waals surface area contributed by atoms with Crippen molar-refractivity contribution < 1.29 is 15.1 Å². The van der Waals surface area contributed by atoms with Gasteiger partial charge in [0.1, 0.15) is 49.3 Å². The minimum atomic E-state index is -3.11. The zero-order chi connectivity index (χ0) is 93.9. The summed E-state index contributed by atoms with van der Waals surface area (Å²) in [5.41, 5.74) is 30.2. The van der Waals surface area contributed by atoms with Gasteiger partial charge in [0.05, 0.1) is 71.0 Å². The second-order valence-electron chi connectivity index (χ2n) is 33.4. The van der Waals surface area contributed by atoms with Crippen LogP contribution in [0.5, 0.6) is 0 Å². The molecule has 0 saturated heterocycles. The molecular weight excluding hydrogens is 1460 g/mol. The van der Waals surface area contributed by atoms with Crippen LogP contribution in [0.3, 0.4) is 0 Å². The molecule has 16 heteroatoms. The highest BCUT2D eigenvalue weighted by atomic mass is 15.5. The molecule has 0 amide bonds. The number of anilines is 20. The van der Waals surface area contributed by atoms with Crippen LogP contribution in [0.15, 0.2) is 237 Å². The number of fused-ring (bicyclic) bond motifs is 6. The molecular formula is C103H130N16. The lowest BCUT2D eigenvalue weighted by Gasteiger charge is -2.36. The topological polar surface area (TPSA) is 51.8 Å². The summed E-state index contributed by atoms with van der Waals surface area (Å²) in [6.45, 7) is 36.0.